The fraction of sp³-hybridized carbons (Fsp3) is 0.316. The van der Waals surface area contributed by atoms with Gasteiger partial charge >= 0.3 is 6.03 Å². The Hall–Kier alpha value is -2.20. The SMILES string of the molecule is COc1ccc(C2(CNC(=O)NCc3ccc(Cl)cc3)CC2)cc1. The van der Waals surface area contributed by atoms with Gasteiger partial charge in [-0.05, 0) is 48.2 Å². The number of halogens is 1. The Bertz CT molecular complexity index is 694. The van der Waals surface area contributed by atoms with Crippen LogP contribution < -0.4 is 15.4 Å². The van der Waals surface area contributed by atoms with Gasteiger partial charge in [0.05, 0.1) is 7.11 Å². The van der Waals surface area contributed by atoms with Gasteiger partial charge < -0.3 is 15.4 Å². The molecule has 4 nitrogen and oxygen atoms in total. The van der Waals surface area contributed by atoms with E-state index in [1.165, 1.54) is 5.56 Å². The number of ether oxygens (including phenoxy) is 1. The zero-order chi connectivity index (χ0) is 17.0. The number of hydrogen-bond donors (Lipinski definition) is 2. The normalized spacial score (nSPS) is 14.8. The lowest BCUT2D eigenvalue weighted by Crippen LogP contribution is -2.39. The summed E-state index contributed by atoms with van der Waals surface area (Å²) in [5.41, 5.74) is 2.34. The predicted molar refractivity (Wildman–Crippen MR) is 95.6 cm³/mol. The highest BCUT2D eigenvalue weighted by Gasteiger charge is 2.44. The number of carbonyl (C=O) groups is 1. The molecular formula is C19H21ClN2O2. The largest absolute Gasteiger partial charge is 0.497 e. The van der Waals surface area contributed by atoms with Crippen molar-refractivity contribution in [3.8, 4) is 5.75 Å². The molecule has 126 valence electrons. The Morgan fingerprint density at radius 2 is 1.75 bits per heavy atom. The van der Waals surface area contributed by atoms with Crippen LogP contribution in [0.25, 0.3) is 0 Å². The van der Waals surface area contributed by atoms with Gasteiger partial charge in [0.25, 0.3) is 0 Å². The lowest BCUT2D eigenvalue weighted by atomic mass is 9.96. The predicted octanol–water partition coefficient (Wildman–Crippen LogP) is 3.88. The molecule has 1 aliphatic carbocycles. The summed E-state index contributed by atoms with van der Waals surface area (Å²) in [7, 11) is 1.66. The van der Waals surface area contributed by atoms with Gasteiger partial charge in [-0.3, -0.25) is 0 Å². The second kappa shape index (κ2) is 7.14. The van der Waals surface area contributed by atoms with Crippen LogP contribution in [0.1, 0.15) is 24.0 Å². The van der Waals surface area contributed by atoms with Crippen molar-refractivity contribution in [1.82, 2.24) is 10.6 Å². The molecular weight excluding hydrogens is 324 g/mol. The van der Waals surface area contributed by atoms with Crippen LogP contribution in [0.5, 0.6) is 5.75 Å². The molecule has 3 rings (SSSR count). The Morgan fingerprint density at radius 1 is 1.08 bits per heavy atom. The highest BCUT2D eigenvalue weighted by molar-refractivity contribution is 6.30. The number of amides is 2. The summed E-state index contributed by atoms with van der Waals surface area (Å²) in [4.78, 5) is 12.0. The quantitative estimate of drug-likeness (QED) is 0.835. The summed E-state index contributed by atoms with van der Waals surface area (Å²) in [5, 5.41) is 6.56. The van der Waals surface area contributed by atoms with Crippen molar-refractivity contribution in [3.63, 3.8) is 0 Å². The third-order valence-electron chi connectivity index (χ3n) is 4.51. The molecule has 0 bridgehead atoms. The highest BCUT2D eigenvalue weighted by Crippen LogP contribution is 2.47. The zero-order valence-electron chi connectivity index (χ0n) is 13.6. The lowest BCUT2D eigenvalue weighted by Gasteiger charge is -2.17. The van der Waals surface area contributed by atoms with E-state index in [1.807, 2.05) is 36.4 Å². The van der Waals surface area contributed by atoms with E-state index in [2.05, 4.69) is 22.8 Å². The summed E-state index contributed by atoms with van der Waals surface area (Å²) in [6, 6.07) is 15.4. The minimum absolute atomic E-state index is 0.0733. The molecule has 2 aromatic carbocycles. The summed E-state index contributed by atoms with van der Waals surface area (Å²) in [5.74, 6) is 0.850. The minimum atomic E-state index is -0.148. The standard InChI is InChI=1S/C19H21ClN2O2/c1-24-17-8-4-15(5-9-17)19(10-11-19)13-22-18(23)21-12-14-2-6-16(20)7-3-14/h2-9H,10-13H2,1H3,(H2,21,22,23). The zero-order valence-corrected chi connectivity index (χ0v) is 14.4. The first-order chi connectivity index (χ1) is 11.6. The molecule has 5 heteroatoms. The summed E-state index contributed by atoms with van der Waals surface area (Å²) < 4.78 is 5.19. The van der Waals surface area contributed by atoms with Crippen molar-refractivity contribution in [2.75, 3.05) is 13.7 Å². The molecule has 0 atom stereocenters. The first-order valence-corrected chi connectivity index (χ1v) is 8.40. The first-order valence-electron chi connectivity index (χ1n) is 8.02. The molecule has 0 unspecified atom stereocenters. The molecule has 2 amide bonds. The molecule has 24 heavy (non-hydrogen) atoms. The average molecular weight is 345 g/mol. The molecule has 0 aliphatic heterocycles. The van der Waals surface area contributed by atoms with Crippen molar-refractivity contribution < 1.29 is 9.53 Å². The molecule has 0 radical (unpaired) electrons. The van der Waals surface area contributed by atoms with E-state index in [9.17, 15) is 4.79 Å². The maximum absolute atomic E-state index is 12.0. The molecule has 2 N–H and O–H groups in total. The number of benzene rings is 2. The summed E-state index contributed by atoms with van der Waals surface area (Å²) in [6.45, 7) is 1.13. The van der Waals surface area contributed by atoms with Crippen LogP contribution in [-0.4, -0.2) is 19.7 Å². The molecule has 1 saturated carbocycles. The fourth-order valence-electron chi connectivity index (χ4n) is 2.76. The Balaban J connectivity index is 1.49. The van der Waals surface area contributed by atoms with Crippen LogP contribution in [-0.2, 0) is 12.0 Å². The van der Waals surface area contributed by atoms with Gasteiger partial charge in [0.15, 0.2) is 0 Å². The maximum atomic E-state index is 12.0. The van der Waals surface area contributed by atoms with Crippen LogP contribution in [0.15, 0.2) is 48.5 Å². The topological polar surface area (TPSA) is 50.4 Å². The Morgan fingerprint density at radius 3 is 2.33 bits per heavy atom. The third-order valence-corrected chi connectivity index (χ3v) is 4.76. The smallest absolute Gasteiger partial charge is 0.315 e. The molecule has 1 fully saturated rings. The number of nitrogens with one attached hydrogen (secondary N) is 2. The number of methoxy groups -OCH3 is 1. The number of rotatable bonds is 6. The Kier molecular flexibility index (Phi) is 4.95. The van der Waals surface area contributed by atoms with Crippen molar-refractivity contribution in [2.45, 2.75) is 24.8 Å². The number of hydrogen-bond acceptors (Lipinski definition) is 2. The van der Waals surface area contributed by atoms with Crippen LogP contribution in [0, 0.1) is 0 Å². The van der Waals surface area contributed by atoms with Crippen molar-refractivity contribution in [2.24, 2.45) is 0 Å². The van der Waals surface area contributed by atoms with Crippen LogP contribution in [0.3, 0.4) is 0 Å². The second-order valence-corrected chi connectivity index (χ2v) is 6.61. The highest BCUT2D eigenvalue weighted by atomic mass is 35.5. The van der Waals surface area contributed by atoms with E-state index in [0.717, 1.165) is 24.2 Å². The number of urea groups is 1. The molecule has 1 aliphatic rings. The van der Waals surface area contributed by atoms with Crippen LogP contribution >= 0.6 is 11.6 Å². The van der Waals surface area contributed by atoms with Gasteiger partial charge in [0, 0.05) is 23.5 Å². The lowest BCUT2D eigenvalue weighted by molar-refractivity contribution is 0.239. The van der Waals surface area contributed by atoms with E-state index in [4.69, 9.17) is 16.3 Å². The Labute approximate surface area is 147 Å². The van der Waals surface area contributed by atoms with Gasteiger partial charge in [-0.25, -0.2) is 4.79 Å². The van der Waals surface area contributed by atoms with Gasteiger partial charge in [0.2, 0.25) is 0 Å². The number of carbonyl (C=O) groups excluding carboxylic acids is 1. The van der Waals surface area contributed by atoms with Gasteiger partial charge in [-0.2, -0.15) is 0 Å². The van der Waals surface area contributed by atoms with Gasteiger partial charge in [0.1, 0.15) is 5.75 Å². The van der Waals surface area contributed by atoms with E-state index in [0.29, 0.717) is 18.1 Å². The molecule has 0 saturated heterocycles. The average Bonchev–Trinajstić information content (AvgIpc) is 3.41. The molecule has 0 spiro atoms. The van der Waals surface area contributed by atoms with Crippen LogP contribution in [0.4, 0.5) is 4.79 Å². The second-order valence-electron chi connectivity index (χ2n) is 6.17. The third kappa shape index (κ3) is 4.01. The summed E-state index contributed by atoms with van der Waals surface area (Å²) >= 11 is 5.85. The van der Waals surface area contributed by atoms with E-state index in [1.54, 1.807) is 7.11 Å². The fourth-order valence-corrected chi connectivity index (χ4v) is 2.89. The maximum Gasteiger partial charge on any atom is 0.315 e. The molecule has 2 aromatic rings. The van der Waals surface area contributed by atoms with E-state index >= 15 is 0 Å². The van der Waals surface area contributed by atoms with Gasteiger partial charge in [-0.1, -0.05) is 35.9 Å². The van der Waals surface area contributed by atoms with Crippen LogP contribution in [0.2, 0.25) is 5.02 Å². The van der Waals surface area contributed by atoms with Gasteiger partial charge in [-0.15, -0.1) is 0 Å². The van der Waals surface area contributed by atoms with E-state index in [-0.39, 0.29) is 11.4 Å². The van der Waals surface area contributed by atoms with E-state index < -0.39 is 0 Å². The van der Waals surface area contributed by atoms with Crippen molar-refractivity contribution in [3.05, 3.63) is 64.7 Å². The van der Waals surface area contributed by atoms with Crippen molar-refractivity contribution >= 4 is 17.6 Å². The molecule has 0 heterocycles. The minimum Gasteiger partial charge on any atom is -0.497 e. The summed E-state index contributed by atoms with van der Waals surface area (Å²) in [6.07, 6.45) is 2.19. The monoisotopic (exact) mass is 344 g/mol. The first kappa shape index (κ1) is 16.7. The molecule has 0 aromatic heterocycles. The van der Waals surface area contributed by atoms with Crippen molar-refractivity contribution in [1.29, 1.82) is 0 Å².